The molecule has 0 saturated carbocycles. The monoisotopic (exact) mass is 332 g/mol. The molecule has 5 nitrogen and oxygen atoms in total. The number of aliphatic hydroxyl groups excluding tert-OH is 1. The number of amides is 1. The summed E-state index contributed by atoms with van der Waals surface area (Å²) in [4.78, 5) is 16.4. The van der Waals surface area contributed by atoms with Crippen LogP contribution in [-0.2, 0) is 24.2 Å². The molecule has 1 saturated heterocycles. The summed E-state index contributed by atoms with van der Waals surface area (Å²) in [5, 5.41) is 9.70. The first kappa shape index (κ1) is 17.2. The van der Waals surface area contributed by atoms with Crippen LogP contribution in [0.5, 0.6) is 0 Å². The van der Waals surface area contributed by atoms with Crippen LogP contribution >= 0.6 is 0 Å². The maximum Gasteiger partial charge on any atom is 0.410 e. The molecular formula is C19H28N2O3. The number of hydrogen-bond donors (Lipinski definition) is 1. The van der Waals surface area contributed by atoms with Gasteiger partial charge in [-0.25, -0.2) is 4.79 Å². The third-order valence-corrected chi connectivity index (χ3v) is 4.66. The Balaban J connectivity index is 1.69. The summed E-state index contributed by atoms with van der Waals surface area (Å²) in [5.41, 5.74) is 3.43. The lowest BCUT2D eigenvalue weighted by atomic mass is 9.94. The van der Waals surface area contributed by atoms with Gasteiger partial charge in [-0.05, 0) is 50.3 Å². The Morgan fingerprint density at radius 1 is 1.33 bits per heavy atom. The van der Waals surface area contributed by atoms with Gasteiger partial charge in [-0.2, -0.15) is 0 Å². The highest BCUT2D eigenvalue weighted by Crippen LogP contribution is 2.26. The molecule has 0 spiro atoms. The van der Waals surface area contributed by atoms with Crippen molar-refractivity contribution in [3.63, 3.8) is 0 Å². The minimum absolute atomic E-state index is 0.188. The molecule has 0 radical (unpaired) electrons. The first-order valence-corrected chi connectivity index (χ1v) is 8.80. The fourth-order valence-corrected chi connectivity index (χ4v) is 3.52. The van der Waals surface area contributed by atoms with Gasteiger partial charge in [0.15, 0.2) is 0 Å². The number of carbonyl (C=O) groups is 1. The average molecular weight is 332 g/mol. The molecule has 1 fully saturated rings. The number of aliphatic hydroxyl groups is 1. The van der Waals surface area contributed by atoms with Crippen LogP contribution in [0.4, 0.5) is 4.79 Å². The molecule has 5 heteroatoms. The Labute approximate surface area is 144 Å². The highest BCUT2D eigenvalue weighted by atomic mass is 16.6. The summed E-state index contributed by atoms with van der Waals surface area (Å²) < 4.78 is 5.49. The zero-order valence-electron chi connectivity index (χ0n) is 14.9. The summed E-state index contributed by atoms with van der Waals surface area (Å²) in [6.07, 6.45) is 1.30. The van der Waals surface area contributed by atoms with Crippen molar-refractivity contribution in [3.05, 3.63) is 34.9 Å². The van der Waals surface area contributed by atoms with E-state index in [2.05, 4.69) is 23.1 Å². The maximum atomic E-state index is 12.3. The van der Waals surface area contributed by atoms with Crippen LogP contribution in [0.25, 0.3) is 0 Å². The van der Waals surface area contributed by atoms with Crippen molar-refractivity contribution >= 4 is 6.09 Å². The zero-order chi connectivity index (χ0) is 17.3. The number of ether oxygens (including phenoxy) is 1. The van der Waals surface area contributed by atoms with Crippen LogP contribution in [0.15, 0.2) is 18.2 Å². The van der Waals surface area contributed by atoms with Gasteiger partial charge < -0.3 is 14.7 Å². The molecule has 1 aromatic carbocycles. The number of nitrogens with zero attached hydrogens (tertiary/aromatic N) is 2. The molecule has 132 valence electrons. The van der Waals surface area contributed by atoms with Crippen LogP contribution in [0.2, 0.25) is 0 Å². The number of likely N-dealkylation sites (tertiary alicyclic amines) is 1. The van der Waals surface area contributed by atoms with Crippen molar-refractivity contribution in [1.82, 2.24) is 9.80 Å². The molecule has 1 atom stereocenters. The number of carbonyl (C=O) groups excluding carboxylic acids is 1. The topological polar surface area (TPSA) is 53.0 Å². The Kier molecular flexibility index (Phi) is 4.83. The van der Waals surface area contributed by atoms with Gasteiger partial charge >= 0.3 is 6.09 Å². The Hall–Kier alpha value is -1.59. The maximum absolute atomic E-state index is 12.3. The number of hydrogen-bond acceptors (Lipinski definition) is 4. The molecule has 1 aromatic rings. The first-order chi connectivity index (χ1) is 11.3. The number of rotatable bonds is 2. The van der Waals surface area contributed by atoms with E-state index >= 15 is 0 Å². The Bertz CT molecular complexity index is 609. The van der Waals surface area contributed by atoms with Gasteiger partial charge in [-0.3, -0.25) is 4.90 Å². The van der Waals surface area contributed by atoms with Gasteiger partial charge in [0, 0.05) is 32.7 Å². The van der Waals surface area contributed by atoms with Gasteiger partial charge in [-0.1, -0.05) is 18.2 Å². The predicted octanol–water partition coefficient (Wildman–Crippen LogP) is 2.55. The van der Waals surface area contributed by atoms with Gasteiger partial charge in [0.1, 0.15) is 5.60 Å². The van der Waals surface area contributed by atoms with Gasteiger partial charge in [0.25, 0.3) is 0 Å². The average Bonchev–Trinajstić information content (AvgIpc) is 2.90. The van der Waals surface area contributed by atoms with E-state index < -0.39 is 5.60 Å². The zero-order valence-corrected chi connectivity index (χ0v) is 14.9. The molecule has 0 aliphatic carbocycles. The second kappa shape index (κ2) is 6.73. The van der Waals surface area contributed by atoms with E-state index in [9.17, 15) is 9.90 Å². The molecule has 24 heavy (non-hydrogen) atoms. The van der Waals surface area contributed by atoms with E-state index in [1.807, 2.05) is 20.8 Å². The van der Waals surface area contributed by atoms with Gasteiger partial charge in [-0.15, -0.1) is 0 Å². The van der Waals surface area contributed by atoms with E-state index in [0.29, 0.717) is 13.1 Å². The van der Waals surface area contributed by atoms with Gasteiger partial charge in [0.2, 0.25) is 0 Å². The summed E-state index contributed by atoms with van der Waals surface area (Å²) in [5.74, 6) is 0. The van der Waals surface area contributed by atoms with Crippen LogP contribution < -0.4 is 0 Å². The Morgan fingerprint density at radius 3 is 2.79 bits per heavy atom. The highest BCUT2D eigenvalue weighted by molar-refractivity contribution is 5.68. The van der Waals surface area contributed by atoms with Crippen molar-refractivity contribution in [2.45, 2.75) is 58.4 Å². The standard InChI is InChI=1S/C19H28N2O3/c1-19(2,3)24-18(23)21-10-8-17-14(5-4-6-15(17)12-21)11-20-9-7-16(22)13-20/h4-6,16,22H,7-13H2,1-3H3/t16-/m0/s1. The van der Waals surface area contributed by atoms with Crippen molar-refractivity contribution in [2.75, 3.05) is 19.6 Å². The molecule has 0 bridgehead atoms. The number of fused-ring (bicyclic) bond motifs is 1. The second-order valence-corrected chi connectivity index (χ2v) is 7.88. The number of benzene rings is 1. The fraction of sp³-hybridized carbons (Fsp3) is 0.632. The van der Waals surface area contributed by atoms with Crippen molar-refractivity contribution in [1.29, 1.82) is 0 Å². The lowest BCUT2D eigenvalue weighted by Crippen LogP contribution is -2.40. The Morgan fingerprint density at radius 2 is 2.12 bits per heavy atom. The molecule has 0 unspecified atom stereocenters. The summed E-state index contributed by atoms with van der Waals surface area (Å²) in [7, 11) is 0. The van der Waals surface area contributed by atoms with Crippen molar-refractivity contribution < 1.29 is 14.6 Å². The van der Waals surface area contributed by atoms with Crippen LogP contribution in [0, 0.1) is 0 Å². The van der Waals surface area contributed by atoms with Crippen LogP contribution in [0.1, 0.15) is 43.9 Å². The second-order valence-electron chi connectivity index (χ2n) is 7.88. The van der Waals surface area contributed by atoms with Crippen LogP contribution in [0.3, 0.4) is 0 Å². The highest BCUT2D eigenvalue weighted by Gasteiger charge is 2.27. The summed E-state index contributed by atoms with van der Waals surface area (Å²) in [6.45, 7) is 9.58. The molecule has 2 heterocycles. The lowest BCUT2D eigenvalue weighted by Gasteiger charge is -2.32. The predicted molar refractivity (Wildman–Crippen MR) is 92.7 cm³/mol. The molecule has 2 aliphatic rings. The van der Waals surface area contributed by atoms with Crippen molar-refractivity contribution in [3.8, 4) is 0 Å². The third-order valence-electron chi connectivity index (χ3n) is 4.66. The fourth-order valence-electron chi connectivity index (χ4n) is 3.52. The smallest absolute Gasteiger partial charge is 0.410 e. The van der Waals surface area contributed by atoms with Crippen LogP contribution in [-0.4, -0.2) is 52.3 Å². The van der Waals surface area contributed by atoms with E-state index in [1.165, 1.54) is 16.7 Å². The molecule has 2 aliphatic heterocycles. The van der Waals surface area contributed by atoms with Gasteiger partial charge in [0.05, 0.1) is 6.10 Å². The molecular weight excluding hydrogens is 304 g/mol. The quantitative estimate of drug-likeness (QED) is 0.904. The third kappa shape index (κ3) is 4.08. The lowest BCUT2D eigenvalue weighted by molar-refractivity contribution is 0.0223. The summed E-state index contributed by atoms with van der Waals surface area (Å²) in [6, 6.07) is 6.35. The summed E-state index contributed by atoms with van der Waals surface area (Å²) >= 11 is 0. The normalized spacial score (nSPS) is 21.7. The minimum atomic E-state index is -0.463. The van der Waals surface area contributed by atoms with Crippen molar-refractivity contribution in [2.24, 2.45) is 0 Å². The van der Waals surface area contributed by atoms with E-state index in [1.54, 1.807) is 4.90 Å². The molecule has 0 aromatic heterocycles. The minimum Gasteiger partial charge on any atom is -0.444 e. The molecule has 1 amide bonds. The molecule has 3 rings (SSSR count). The largest absolute Gasteiger partial charge is 0.444 e. The first-order valence-electron chi connectivity index (χ1n) is 8.80. The van der Waals surface area contributed by atoms with E-state index in [0.717, 1.165) is 32.5 Å². The number of β-amino-alcohol motifs (C(OH)–C–C–N with tert-alkyl or cyclic N) is 1. The van der Waals surface area contributed by atoms with E-state index in [4.69, 9.17) is 4.74 Å². The van der Waals surface area contributed by atoms with E-state index in [-0.39, 0.29) is 12.2 Å². The SMILES string of the molecule is CC(C)(C)OC(=O)N1CCc2c(CN3CC[C@H](O)C3)cccc2C1. The molecule has 1 N–H and O–H groups in total.